The minimum Gasteiger partial charge on any atom is -0.383 e. The first-order chi connectivity index (χ1) is 14.7. The van der Waals surface area contributed by atoms with Crippen molar-refractivity contribution >= 4 is 33.4 Å². The van der Waals surface area contributed by atoms with E-state index in [1.165, 1.54) is 22.7 Å². The Morgan fingerprint density at radius 3 is 2.73 bits per heavy atom. The van der Waals surface area contributed by atoms with Crippen LogP contribution < -0.4 is 11.1 Å². The molecule has 5 rings (SSSR count). The molecule has 2 heterocycles. The van der Waals surface area contributed by atoms with Gasteiger partial charge in [-0.1, -0.05) is 48.5 Å². The van der Waals surface area contributed by atoms with Crippen molar-refractivity contribution in [1.82, 2.24) is 20.2 Å². The van der Waals surface area contributed by atoms with Gasteiger partial charge in [0.15, 0.2) is 0 Å². The number of anilines is 1. The zero-order chi connectivity index (χ0) is 20.5. The van der Waals surface area contributed by atoms with Crippen molar-refractivity contribution in [2.45, 2.75) is 19.0 Å². The van der Waals surface area contributed by atoms with Gasteiger partial charge in [-0.25, -0.2) is 9.97 Å². The maximum absolute atomic E-state index is 13.1. The smallest absolute Gasteiger partial charge is 0.240 e. The lowest BCUT2D eigenvalue weighted by molar-refractivity contribution is -0.136. The van der Waals surface area contributed by atoms with Crippen molar-refractivity contribution in [1.29, 1.82) is 0 Å². The molecular weight excluding hydrogens is 374 g/mol. The molecule has 1 aliphatic rings. The lowest BCUT2D eigenvalue weighted by Crippen LogP contribution is -2.55. The fraction of sp³-hybridized carbons (Fsp3) is 0.208. The molecule has 1 unspecified atom stereocenters. The SMILES string of the molecule is Nc1ncnc2cc(CN3CCNC(Cc4ccc5ccccc5c4)C3=O)ccc12. The summed E-state index contributed by atoms with van der Waals surface area (Å²) < 4.78 is 0. The van der Waals surface area contributed by atoms with Crippen LogP contribution in [-0.4, -0.2) is 39.9 Å². The molecule has 3 N–H and O–H groups in total. The highest BCUT2D eigenvalue weighted by Crippen LogP contribution is 2.21. The van der Waals surface area contributed by atoms with E-state index in [9.17, 15) is 4.79 Å². The molecule has 1 fully saturated rings. The first kappa shape index (κ1) is 18.5. The highest BCUT2D eigenvalue weighted by atomic mass is 16.2. The van der Waals surface area contributed by atoms with Gasteiger partial charge in [0.25, 0.3) is 0 Å². The largest absolute Gasteiger partial charge is 0.383 e. The van der Waals surface area contributed by atoms with Crippen LogP contribution in [0.25, 0.3) is 21.7 Å². The molecule has 1 aliphatic heterocycles. The predicted molar refractivity (Wildman–Crippen MR) is 119 cm³/mol. The number of nitrogens with one attached hydrogen (secondary N) is 1. The second-order valence-corrected chi connectivity index (χ2v) is 7.76. The third kappa shape index (κ3) is 3.57. The molecule has 0 saturated carbocycles. The molecule has 6 heteroatoms. The average molecular weight is 397 g/mol. The number of carbonyl (C=O) groups is 1. The number of hydrogen-bond donors (Lipinski definition) is 2. The van der Waals surface area contributed by atoms with Gasteiger partial charge in [-0.2, -0.15) is 0 Å². The van der Waals surface area contributed by atoms with Gasteiger partial charge in [0.05, 0.1) is 11.6 Å². The van der Waals surface area contributed by atoms with E-state index in [2.05, 4.69) is 45.6 Å². The number of benzene rings is 3. The van der Waals surface area contributed by atoms with Crippen LogP contribution in [0.15, 0.2) is 67.0 Å². The van der Waals surface area contributed by atoms with Crippen molar-refractivity contribution in [2.75, 3.05) is 18.8 Å². The fourth-order valence-electron chi connectivity index (χ4n) is 4.15. The molecule has 1 atom stereocenters. The summed E-state index contributed by atoms with van der Waals surface area (Å²) in [6.45, 7) is 2.04. The van der Waals surface area contributed by atoms with E-state index in [1.807, 2.05) is 35.2 Å². The fourth-order valence-corrected chi connectivity index (χ4v) is 4.15. The molecule has 0 aliphatic carbocycles. The predicted octanol–water partition coefficient (Wildman–Crippen LogP) is 2.91. The quantitative estimate of drug-likeness (QED) is 0.553. The Bertz CT molecular complexity index is 1240. The topological polar surface area (TPSA) is 84.1 Å². The van der Waals surface area contributed by atoms with E-state index in [1.54, 1.807) is 0 Å². The Hall–Kier alpha value is -3.51. The molecule has 6 nitrogen and oxygen atoms in total. The zero-order valence-electron chi connectivity index (χ0n) is 16.6. The van der Waals surface area contributed by atoms with Gasteiger partial charge >= 0.3 is 0 Å². The molecule has 150 valence electrons. The average Bonchev–Trinajstić information content (AvgIpc) is 2.76. The number of rotatable bonds is 4. The number of nitrogens with zero attached hydrogens (tertiary/aromatic N) is 3. The molecule has 0 radical (unpaired) electrons. The van der Waals surface area contributed by atoms with Crippen molar-refractivity contribution < 1.29 is 4.79 Å². The van der Waals surface area contributed by atoms with Crippen molar-refractivity contribution in [3.05, 3.63) is 78.1 Å². The second kappa shape index (κ2) is 7.72. The Labute approximate surface area is 174 Å². The summed E-state index contributed by atoms with van der Waals surface area (Å²) in [6.07, 6.45) is 2.15. The number of aromatic nitrogens is 2. The molecule has 1 aromatic heterocycles. The van der Waals surface area contributed by atoms with Crippen LogP contribution in [0.3, 0.4) is 0 Å². The summed E-state index contributed by atoms with van der Waals surface area (Å²) in [4.78, 5) is 23.4. The Balaban J connectivity index is 1.32. The minimum absolute atomic E-state index is 0.136. The summed E-state index contributed by atoms with van der Waals surface area (Å²) in [5.74, 6) is 0.608. The first-order valence-electron chi connectivity index (χ1n) is 10.2. The summed E-state index contributed by atoms with van der Waals surface area (Å²) >= 11 is 0. The van der Waals surface area contributed by atoms with Crippen LogP contribution in [0.5, 0.6) is 0 Å². The summed E-state index contributed by atoms with van der Waals surface area (Å²) in [6, 6.07) is 20.4. The number of piperazine rings is 1. The molecule has 30 heavy (non-hydrogen) atoms. The maximum atomic E-state index is 13.1. The van der Waals surface area contributed by atoms with E-state index in [0.717, 1.165) is 23.0 Å². The molecule has 4 aromatic rings. The van der Waals surface area contributed by atoms with Crippen LogP contribution in [0.4, 0.5) is 5.82 Å². The number of hydrogen-bond acceptors (Lipinski definition) is 5. The third-order valence-corrected chi connectivity index (χ3v) is 5.74. The lowest BCUT2D eigenvalue weighted by atomic mass is 9.99. The van der Waals surface area contributed by atoms with E-state index in [4.69, 9.17) is 5.73 Å². The van der Waals surface area contributed by atoms with Gasteiger partial charge in [-0.05, 0) is 40.5 Å². The molecule has 1 saturated heterocycles. The zero-order valence-corrected chi connectivity index (χ0v) is 16.6. The van der Waals surface area contributed by atoms with Gasteiger partial charge < -0.3 is 16.0 Å². The third-order valence-electron chi connectivity index (χ3n) is 5.74. The van der Waals surface area contributed by atoms with Crippen molar-refractivity contribution in [3.8, 4) is 0 Å². The van der Waals surface area contributed by atoms with Crippen molar-refractivity contribution in [3.63, 3.8) is 0 Å². The highest BCUT2D eigenvalue weighted by molar-refractivity contribution is 5.88. The first-order valence-corrected chi connectivity index (χ1v) is 10.2. The Morgan fingerprint density at radius 1 is 1.00 bits per heavy atom. The van der Waals surface area contributed by atoms with Gasteiger partial charge in [0.1, 0.15) is 12.1 Å². The molecule has 0 bridgehead atoms. The maximum Gasteiger partial charge on any atom is 0.240 e. The van der Waals surface area contributed by atoms with E-state index in [0.29, 0.717) is 25.3 Å². The van der Waals surface area contributed by atoms with Crippen LogP contribution in [0.1, 0.15) is 11.1 Å². The minimum atomic E-state index is -0.210. The number of carbonyl (C=O) groups excluding carboxylic acids is 1. The molecule has 0 spiro atoms. The van der Waals surface area contributed by atoms with Gasteiger partial charge in [0, 0.05) is 25.0 Å². The normalized spacial score (nSPS) is 17.0. The van der Waals surface area contributed by atoms with E-state index < -0.39 is 0 Å². The van der Waals surface area contributed by atoms with E-state index >= 15 is 0 Å². The standard InChI is InChI=1S/C24H23N5O/c25-23-20-8-6-17(13-21(20)27-15-28-23)14-29-10-9-26-22(24(29)30)12-16-5-7-18-3-1-2-4-19(18)11-16/h1-8,11,13,15,22,26H,9-10,12,14H2,(H2,25,27,28). The summed E-state index contributed by atoms with van der Waals surface area (Å²) in [5.41, 5.74) is 8.92. The lowest BCUT2D eigenvalue weighted by Gasteiger charge is -2.33. The number of fused-ring (bicyclic) bond motifs is 2. The highest BCUT2D eigenvalue weighted by Gasteiger charge is 2.28. The van der Waals surface area contributed by atoms with Crippen molar-refractivity contribution in [2.24, 2.45) is 0 Å². The van der Waals surface area contributed by atoms with E-state index in [-0.39, 0.29) is 11.9 Å². The molecule has 1 amide bonds. The van der Waals surface area contributed by atoms with Crippen LogP contribution in [-0.2, 0) is 17.8 Å². The van der Waals surface area contributed by atoms with Gasteiger partial charge in [0.2, 0.25) is 5.91 Å². The van der Waals surface area contributed by atoms with Gasteiger partial charge in [-0.15, -0.1) is 0 Å². The Morgan fingerprint density at radius 2 is 1.83 bits per heavy atom. The van der Waals surface area contributed by atoms with Gasteiger partial charge in [-0.3, -0.25) is 4.79 Å². The molecular formula is C24H23N5O. The van der Waals surface area contributed by atoms with Crippen LogP contribution >= 0.6 is 0 Å². The monoisotopic (exact) mass is 397 g/mol. The van der Waals surface area contributed by atoms with Crippen LogP contribution in [0, 0.1) is 0 Å². The van der Waals surface area contributed by atoms with Crippen LogP contribution in [0.2, 0.25) is 0 Å². The Kier molecular flexibility index (Phi) is 4.77. The number of nitrogen functional groups attached to an aromatic ring is 1. The second-order valence-electron chi connectivity index (χ2n) is 7.76. The summed E-state index contributed by atoms with van der Waals surface area (Å²) in [5, 5.41) is 6.64. The molecule has 3 aromatic carbocycles. The number of amides is 1. The number of nitrogens with two attached hydrogens (primary N) is 1. The summed E-state index contributed by atoms with van der Waals surface area (Å²) in [7, 11) is 0.